The summed E-state index contributed by atoms with van der Waals surface area (Å²) in [6.45, 7) is 0.550. The van der Waals surface area contributed by atoms with E-state index in [4.69, 9.17) is 0 Å². The molecule has 1 fully saturated rings. The molecule has 0 bridgehead atoms. The van der Waals surface area contributed by atoms with Crippen molar-refractivity contribution >= 4 is 15.7 Å². The molecule has 122 valence electrons. The number of sulfonamides is 1. The molecule has 1 aromatic carbocycles. The van der Waals surface area contributed by atoms with Crippen LogP contribution in [0.15, 0.2) is 53.7 Å². The Bertz CT molecular complexity index is 775. The molecule has 3 rings (SSSR count). The minimum atomic E-state index is -3.51. The van der Waals surface area contributed by atoms with Crippen molar-refractivity contribution in [2.75, 3.05) is 25.5 Å². The van der Waals surface area contributed by atoms with Gasteiger partial charge in [-0.05, 0) is 42.7 Å². The number of rotatable bonds is 4. The van der Waals surface area contributed by atoms with E-state index in [0.29, 0.717) is 6.54 Å². The molecule has 1 atom stereocenters. The highest BCUT2D eigenvalue weighted by Gasteiger charge is 2.36. The van der Waals surface area contributed by atoms with Gasteiger partial charge >= 0.3 is 0 Å². The molecule has 2 aromatic rings. The summed E-state index contributed by atoms with van der Waals surface area (Å²) in [5, 5.41) is 0. The second-order valence-corrected chi connectivity index (χ2v) is 7.84. The number of benzene rings is 1. The zero-order valence-electron chi connectivity index (χ0n) is 13.4. The zero-order valence-corrected chi connectivity index (χ0v) is 14.2. The van der Waals surface area contributed by atoms with Crippen molar-refractivity contribution in [3.63, 3.8) is 0 Å². The van der Waals surface area contributed by atoms with E-state index in [0.717, 1.165) is 24.1 Å². The zero-order chi connectivity index (χ0) is 16.4. The Labute approximate surface area is 137 Å². The Balaban J connectivity index is 1.96. The van der Waals surface area contributed by atoms with Gasteiger partial charge in [-0.15, -0.1) is 0 Å². The molecule has 0 aliphatic carbocycles. The fourth-order valence-corrected chi connectivity index (χ4v) is 4.65. The Kier molecular flexibility index (Phi) is 4.37. The van der Waals surface area contributed by atoms with E-state index in [-0.39, 0.29) is 10.9 Å². The summed E-state index contributed by atoms with van der Waals surface area (Å²) in [4.78, 5) is 6.23. The summed E-state index contributed by atoms with van der Waals surface area (Å²) in [6, 6.07) is 11.2. The van der Waals surface area contributed by atoms with E-state index >= 15 is 0 Å². The molecule has 1 aliphatic heterocycles. The van der Waals surface area contributed by atoms with Gasteiger partial charge in [0.15, 0.2) is 0 Å². The van der Waals surface area contributed by atoms with Gasteiger partial charge in [0.05, 0.1) is 6.04 Å². The Morgan fingerprint density at radius 3 is 2.74 bits per heavy atom. The summed E-state index contributed by atoms with van der Waals surface area (Å²) >= 11 is 0. The first kappa shape index (κ1) is 16.0. The molecule has 5 nitrogen and oxygen atoms in total. The number of pyridine rings is 1. The maximum absolute atomic E-state index is 12.9. The van der Waals surface area contributed by atoms with E-state index in [9.17, 15) is 8.42 Å². The normalized spacial score (nSPS) is 19.0. The Morgan fingerprint density at radius 2 is 2.04 bits per heavy atom. The van der Waals surface area contributed by atoms with E-state index in [1.54, 1.807) is 22.6 Å². The average Bonchev–Trinajstić information content (AvgIpc) is 3.06. The van der Waals surface area contributed by atoms with Crippen LogP contribution in [0.5, 0.6) is 0 Å². The van der Waals surface area contributed by atoms with Gasteiger partial charge in [0.2, 0.25) is 10.0 Å². The lowest BCUT2D eigenvalue weighted by molar-refractivity contribution is 0.396. The summed E-state index contributed by atoms with van der Waals surface area (Å²) in [7, 11) is 0.456. The fraction of sp³-hybridized carbons (Fsp3) is 0.353. The molecule has 6 heteroatoms. The largest absolute Gasteiger partial charge is 0.378 e. The van der Waals surface area contributed by atoms with Crippen LogP contribution in [-0.4, -0.2) is 38.3 Å². The lowest BCUT2D eigenvalue weighted by atomic mass is 10.0. The van der Waals surface area contributed by atoms with Gasteiger partial charge in [-0.2, -0.15) is 4.31 Å². The minimum Gasteiger partial charge on any atom is -0.378 e. The summed E-state index contributed by atoms with van der Waals surface area (Å²) in [5.41, 5.74) is 2.12. The molecule has 2 heterocycles. The molecule has 0 saturated carbocycles. The molecule has 0 radical (unpaired) electrons. The van der Waals surface area contributed by atoms with E-state index in [2.05, 4.69) is 11.1 Å². The van der Waals surface area contributed by atoms with E-state index in [1.807, 2.05) is 37.2 Å². The predicted molar refractivity (Wildman–Crippen MR) is 90.9 cm³/mol. The second-order valence-electron chi connectivity index (χ2n) is 5.95. The fourth-order valence-electron chi connectivity index (χ4n) is 3.01. The smallest absolute Gasteiger partial charge is 0.245 e. The Morgan fingerprint density at radius 1 is 1.22 bits per heavy atom. The molecule has 23 heavy (non-hydrogen) atoms. The molecule has 0 amide bonds. The topological polar surface area (TPSA) is 53.5 Å². The van der Waals surface area contributed by atoms with E-state index in [1.165, 1.54) is 6.20 Å². The molecule has 0 unspecified atom stereocenters. The van der Waals surface area contributed by atoms with Gasteiger partial charge in [0, 0.05) is 38.7 Å². The molecule has 1 aromatic heterocycles. The van der Waals surface area contributed by atoms with Gasteiger partial charge in [-0.1, -0.05) is 12.1 Å². The van der Waals surface area contributed by atoms with Gasteiger partial charge in [0.1, 0.15) is 4.90 Å². The maximum atomic E-state index is 12.9. The number of aromatic nitrogens is 1. The van der Waals surface area contributed by atoms with Crippen LogP contribution in [0, 0.1) is 0 Å². The average molecular weight is 331 g/mol. The molecule has 1 aliphatic rings. The van der Waals surface area contributed by atoms with Gasteiger partial charge in [-0.3, -0.25) is 4.98 Å². The first-order chi connectivity index (χ1) is 11.0. The van der Waals surface area contributed by atoms with Crippen LogP contribution in [0.25, 0.3) is 0 Å². The van der Waals surface area contributed by atoms with Crippen LogP contribution in [0.4, 0.5) is 5.69 Å². The quantitative estimate of drug-likeness (QED) is 0.864. The van der Waals surface area contributed by atoms with E-state index < -0.39 is 10.0 Å². The first-order valence-corrected chi connectivity index (χ1v) is 9.13. The van der Waals surface area contributed by atoms with Crippen molar-refractivity contribution in [3.05, 3.63) is 54.4 Å². The van der Waals surface area contributed by atoms with Crippen LogP contribution < -0.4 is 4.90 Å². The van der Waals surface area contributed by atoms with Crippen molar-refractivity contribution in [1.82, 2.24) is 9.29 Å². The third kappa shape index (κ3) is 3.09. The number of hydrogen-bond acceptors (Lipinski definition) is 4. The van der Waals surface area contributed by atoms with Crippen molar-refractivity contribution in [3.8, 4) is 0 Å². The number of anilines is 1. The van der Waals surface area contributed by atoms with Crippen LogP contribution in [0.1, 0.15) is 24.4 Å². The molecule has 0 spiro atoms. The predicted octanol–water partition coefficient (Wildman–Crippen LogP) is 2.67. The molecular weight excluding hydrogens is 310 g/mol. The van der Waals surface area contributed by atoms with Crippen molar-refractivity contribution < 1.29 is 8.42 Å². The highest BCUT2D eigenvalue weighted by molar-refractivity contribution is 7.89. The SMILES string of the molecule is CN(C)c1cccc([C@@H]2CCCN2S(=O)(=O)c2cccnc2)c1. The molecule has 0 N–H and O–H groups in total. The molecular formula is C17H21N3O2S. The summed E-state index contributed by atoms with van der Waals surface area (Å²) in [5.74, 6) is 0. The minimum absolute atomic E-state index is 0.111. The van der Waals surface area contributed by atoms with Crippen molar-refractivity contribution in [2.45, 2.75) is 23.8 Å². The van der Waals surface area contributed by atoms with Crippen LogP contribution in [0.2, 0.25) is 0 Å². The number of nitrogens with zero attached hydrogens (tertiary/aromatic N) is 3. The third-order valence-electron chi connectivity index (χ3n) is 4.22. The number of hydrogen-bond donors (Lipinski definition) is 0. The lowest BCUT2D eigenvalue weighted by Gasteiger charge is -2.25. The second kappa shape index (κ2) is 6.29. The maximum Gasteiger partial charge on any atom is 0.245 e. The van der Waals surface area contributed by atoms with Crippen molar-refractivity contribution in [1.29, 1.82) is 0 Å². The lowest BCUT2D eigenvalue weighted by Crippen LogP contribution is -2.30. The van der Waals surface area contributed by atoms with Crippen LogP contribution in [0.3, 0.4) is 0 Å². The Hall–Kier alpha value is -1.92. The monoisotopic (exact) mass is 331 g/mol. The highest BCUT2D eigenvalue weighted by Crippen LogP contribution is 2.37. The van der Waals surface area contributed by atoms with Crippen LogP contribution >= 0.6 is 0 Å². The van der Waals surface area contributed by atoms with Gasteiger partial charge in [-0.25, -0.2) is 8.42 Å². The summed E-state index contributed by atoms with van der Waals surface area (Å²) < 4.78 is 27.4. The molecule has 1 saturated heterocycles. The van der Waals surface area contributed by atoms with Crippen molar-refractivity contribution in [2.24, 2.45) is 0 Å². The third-order valence-corrected chi connectivity index (χ3v) is 6.11. The summed E-state index contributed by atoms with van der Waals surface area (Å²) in [6.07, 6.45) is 4.72. The first-order valence-electron chi connectivity index (χ1n) is 7.69. The van der Waals surface area contributed by atoms with Crippen LogP contribution in [-0.2, 0) is 10.0 Å². The standard InChI is InChI=1S/C17H21N3O2S/c1-19(2)15-7-3-6-14(12-15)17-9-5-11-20(17)23(21,22)16-8-4-10-18-13-16/h3-4,6-8,10,12-13,17H,5,9,11H2,1-2H3/t17-/m0/s1. The van der Waals surface area contributed by atoms with Gasteiger partial charge in [0.25, 0.3) is 0 Å². The highest BCUT2D eigenvalue weighted by atomic mass is 32.2. The van der Waals surface area contributed by atoms with Gasteiger partial charge < -0.3 is 4.90 Å².